The maximum Gasteiger partial charge on any atom is 0.122 e. The van der Waals surface area contributed by atoms with Crippen LogP contribution < -0.4 is 5.32 Å². The van der Waals surface area contributed by atoms with Crippen LogP contribution >= 0.6 is 0 Å². The molecule has 0 spiro atoms. The highest BCUT2D eigenvalue weighted by molar-refractivity contribution is 5.39. The van der Waals surface area contributed by atoms with E-state index in [1.165, 1.54) is 55.2 Å². The molecule has 0 radical (unpaired) electrons. The zero-order chi connectivity index (χ0) is 13.7. The molecule has 0 aromatic heterocycles. The van der Waals surface area contributed by atoms with Gasteiger partial charge < -0.3 is 0 Å². The molecule has 0 heterocycles. The van der Waals surface area contributed by atoms with Crippen LogP contribution in [0.5, 0.6) is 0 Å². The summed E-state index contributed by atoms with van der Waals surface area (Å²) in [4.78, 5) is 0. The molecule has 1 saturated carbocycles. The Balaban J connectivity index is 2.14. The molecule has 0 saturated heterocycles. The topological polar surface area (TPSA) is 35.8 Å². The van der Waals surface area contributed by atoms with Gasteiger partial charge >= 0.3 is 0 Å². The lowest BCUT2D eigenvalue weighted by Crippen LogP contribution is -2.32. The van der Waals surface area contributed by atoms with Crippen molar-refractivity contribution < 1.29 is 0 Å². The number of nitrogens with zero attached hydrogens (tertiary/aromatic N) is 1. The number of nitrogens with one attached hydrogen (secondary N) is 1. The van der Waals surface area contributed by atoms with E-state index in [2.05, 4.69) is 43.4 Å². The molecule has 1 unspecified atom stereocenters. The molecule has 1 aromatic carbocycles. The van der Waals surface area contributed by atoms with Crippen molar-refractivity contribution in [2.45, 2.75) is 64.5 Å². The molecular weight excluding hydrogens is 232 g/mol. The predicted octanol–water partition coefficient (Wildman–Crippen LogP) is 4.18. The first-order chi connectivity index (χ1) is 9.22. The Hall–Kier alpha value is -1.33. The van der Waals surface area contributed by atoms with Gasteiger partial charge in [-0.15, -0.1) is 0 Å². The monoisotopic (exact) mass is 256 g/mol. The second-order valence-corrected chi connectivity index (χ2v) is 5.72. The van der Waals surface area contributed by atoms with E-state index in [1.54, 1.807) is 0 Å². The maximum atomic E-state index is 9.52. The number of aryl methyl sites for hydroxylation is 2. The van der Waals surface area contributed by atoms with Crippen molar-refractivity contribution in [3.63, 3.8) is 0 Å². The molecule has 1 fully saturated rings. The minimum absolute atomic E-state index is 0.163. The van der Waals surface area contributed by atoms with E-state index >= 15 is 0 Å². The summed E-state index contributed by atoms with van der Waals surface area (Å²) in [6.07, 6.45) is 7.70. The largest absolute Gasteiger partial charge is 0.295 e. The lowest BCUT2D eigenvalue weighted by Gasteiger charge is -2.23. The molecule has 1 aromatic rings. The van der Waals surface area contributed by atoms with E-state index in [1.807, 2.05) is 0 Å². The van der Waals surface area contributed by atoms with Gasteiger partial charge in [0.15, 0.2) is 0 Å². The standard InChI is InChI=1S/C17H24N2/c1-13-8-7-9-14(2)17(13)16(12-18)19-15-10-5-3-4-6-11-15/h7-9,15-16,19H,3-6,10-11H2,1-2H3. The molecule has 1 aliphatic carbocycles. The van der Waals surface area contributed by atoms with Crippen LogP contribution in [0.25, 0.3) is 0 Å². The molecule has 2 nitrogen and oxygen atoms in total. The fourth-order valence-electron chi connectivity index (χ4n) is 3.15. The summed E-state index contributed by atoms with van der Waals surface area (Å²) in [5.74, 6) is 0. The second-order valence-electron chi connectivity index (χ2n) is 5.72. The minimum atomic E-state index is -0.163. The fourth-order valence-corrected chi connectivity index (χ4v) is 3.15. The lowest BCUT2D eigenvalue weighted by atomic mass is 9.95. The number of rotatable bonds is 3. The van der Waals surface area contributed by atoms with Gasteiger partial charge in [-0.2, -0.15) is 5.26 Å². The van der Waals surface area contributed by atoms with Gasteiger partial charge in [0.25, 0.3) is 0 Å². The van der Waals surface area contributed by atoms with E-state index in [4.69, 9.17) is 0 Å². The smallest absolute Gasteiger partial charge is 0.122 e. The van der Waals surface area contributed by atoms with Gasteiger partial charge in [0.05, 0.1) is 6.07 Å². The Bertz CT molecular complexity index is 431. The zero-order valence-corrected chi connectivity index (χ0v) is 12.1. The van der Waals surface area contributed by atoms with Crippen molar-refractivity contribution in [2.75, 3.05) is 0 Å². The number of benzene rings is 1. The van der Waals surface area contributed by atoms with E-state index in [0.29, 0.717) is 6.04 Å². The average Bonchev–Trinajstić information content (AvgIpc) is 2.65. The van der Waals surface area contributed by atoms with Crippen LogP contribution in [0.2, 0.25) is 0 Å². The Morgan fingerprint density at radius 2 is 1.68 bits per heavy atom. The average molecular weight is 256 g/mol. The van der Waals surface area contributed by atoms with Crippen molar-refractivity contribution in [3.05, 3.63) is 34.9 Å². The van der Waals surface area contributed by atoms with Crippen LogP contribution in [-0.2, 0) is 0 Å². The van der Waals surface area contributed by atoms with Crippen LogP contribution in [0.4, 0.5) is 0 Å². The van der Waals surface area contributed by atoms with Crippen molar-refractivity contribution >= 4 is 0 Å². The third-order valence-electron chi connectivity index (χ3n) is 4.22. The van der Waals surface area contributed by atoms with Gasteiger partial charge in [-0.05, 0) is 43.4 Å². The van der Waals surface area contributed by atoms with Crippen LogP contribution in [0.3, 0.4) is 0 Å². The molecule has 1 aliphatic rings. The number of hydrogen-bond acceptors (Lipinski definition) is 2. The molecule has 1 atom stereocenters. The normalized spacial score (nSPS) is 18.6. The molecule has 102 valence electrons. The summed E-state index contributed by atoms with van der Waals surface area (Å²) in [6.45, 7) is 4.20. The first kappa shape index (κ1) is 14.1. The van der Waals surface area contributed by atoms with Crippen molar-refractivity contribution in [1.29, 1.82) is 5.26 Å². The SMILES string of the molecule is Cc1cccc(C)c1C(C#N)NC1CCCCCC1. The van der Waals surface area contributed by atoms with Gasteiger partial charge in [-0.25, -0.2) is 0 Å². The zero-order valence-electron chi connectivity index (χ0n) is 12.1. The fraction of sp³-hybridized carbons (Fsp3) is 0.588. The van der Waals surface area contributed by atoms with Crippen LogP contribution in [-0.4, -0.2) is 6.04 Å². The van der Waals surface area contributed by atoms with Gasteiger partial charge in [-0.1, -0.05) is 43.9 Å². The van der Waals surface area contributed by atoms with E-state index in [9.17, 15) is 5.26 Å². The first-order valence-electron chi connectivity index (χ1n) is 7.44. The van der Waals surface area contributed by atoms with Crippen LogP contribution in [0, 0.1) is 25.2 Å². The van der Waals surface area contributed by atoms with Crippen molar-refractivity contribution in [2.24, 2.45) is 0 Å². The third kappa shape index (κ3) is 3.58. The molecule has 0 bridgehead atoms. The lowest BCUT2D eigenvalue weighted by molar-refractivity contribution is 0.435. The van der Waals surface area contributed by atoms with Crippen molar-refractivity contribution in [1.82, 2.24) is 5.32 Å². The molecule has 0 amide bonds. The van der Waals surface area contributed by atoms with E-state index < -0.39 is 0 Å². The molecule has 19 heavy (non-hydrogen) atoms. The van der Waals surface area contributed by atoms with E-state index in [-0.39, 0.29) is 6.04 Å². The van der Waals surface area contributed by atoms with E-state index in [0.717, 1.165) is 0 Å². The third-order valence-corrected chi connectivity index (χ3v) is 4.22. The van der Waals surface area contributed by atoms with Gasteiger partial charge in [0, 0.05) is 6.04 Å². The second kappa shape index (κ2) is 6.73. The summed E-state index contributed by atoms with van der Waals surface area (Å²) in [5.41, 5.74) is 3.61. The molecule has 0 aliphatic heterocycles. The summed E-state index contributed by atoms with van der Waals surface area (Å²) in [5, 5.41) is 13.1. The summed E-state index contributed by atoms with van der Waals surface area (Å²) < 4.78 is 0. The Morgan fingerprint density at radius 1 is 1.11 bits per heavy atom. The van der Waals surface area contributed by atoms with Gasteiger partial charge in [0.2, 0.25) is 0 Å². The van der Waals surface area contributed by atoms with Gasteiger partial charge in [-0.3, -0.25) is 5.32 Å². The summed E-state index contributed by atoms with van der Waals surface area (Å²) in [7, 11) is 0. The predicted molar refractivity (Wildman–Crippen MR) is 78.9 cm³/mol. The number of nitriles is 1. The molecular formula is C17H24N2. The Morgan fingerprint density at radius 3 is 2.21 bits per heavy atom. The maximum absolute atomic E-state index is 9.52. The van der Waals surface area contributed by atoms with Crippen molar-refractivity contribution in [3.8, 4) is 6.07 Å². The van der Waals surface area contributed by atoms with Crippen LogP contribution in [0.1, 0.15) is 61.3 Å². The molecule has 2 heteroatoms. The number of hydrogen-bond donors (Lipinski definition) is 1. The summed E-state index contributed by atoms with van der Waals surface area (Å²) in [6, 6.07) is 9.06. The van der Waals surface area contributed by atoms with Crippen LogP contribution in [0.15, 0.2) is 18.2 Å². The molecule has 1 N–H and O–H groups in total. The van der Waals surface area contributed by atoms with Gasteiger partial charge in [0.1, 0.15) is 6.04 Å². The minimum Gasteiger partial charge on any atom is -0.295 e. The summed E-state index contributed by atoms with van der Waals surface area (Å²) >= 11 is 0. The molecule has 2 rings (SSSR count). The highest BCUT2D eigenvalue weighted by atomic mass is 14.9. The first-order valence-corrected chi connectivity index (χ1v) is 7.44. The quantitative estimate of drug-likeness (QED) is 0.823. The highest BCUT2D eigenvalue weighted by Gasteiger charge is 2.20. The Kier molecular flexibility index (Phi) is 4.99. The highest BCUT2D eigenvalue weighted by Crippen LogP contribution is 2.25. The Labute approximate surface area is 116 Å².